The molecule has 0 rings (SSSR count). The molecule has 6 nitrogen and oxygen atoms in total. The van der Waals surface area contributed by atoms with E-state index in [1.165, 1.54) is 77.0 Å². The lowest BCUT2D eigenvalue weighted by Gasteiger charge is -2.18. The van der Waals surface area contributed by atoms with Crippen molar-refractivity contribution in [3.05, 3.63) is 72.9 Å². The number of hydrogen-bond donors (Lipinski definition) is 0. The summed E-state index contributed by atoms with van der Waals surface area (Å²) in [6.07, 6.45) is 53.1. The lowest BCUT2D eigenvalue weighted by Crippen LogP contribution is -2.30. The van der Waals surface area contributed by atoms with Gasteiger partial charge in [-0.05, 0) is 57.8 Å². The summed E-state index contributed by atoms with van der Waals surface area (Å²) >= 11 is 0. The molecule has 6 heteroatoms. The molecule has 1 atom stereocenters. The van der Waals surface area contributed by atoms with E-state index in [1.807, 2.05) is 36.5 Å². The van der Waals surface area contributed by atoms with E-state index in [-0.39, 0.29) is 31.1 Å². The van der Waals surface area contributed by atoms with Crippen LogP contribution in [0.1, 0.15) is 201 Å². The van der Waals surface area contributed by atoms with Gasteiger partial charge >= 0.3 is 17.9 Å². The van der Waals surface area contributed by atoms with Gasteiger partial charge in [-0.1, -0.05) is 196 Å². The van der Waals surface area contributed by atoms with Crippen molar-refractivity contribution >= 4 is 17.9 Å². The molecule has 0 bridgehead atoms. The molecule has 0 saturated carbocycles. The summed E-state index contributed by atoms with van der Waals surface area (Å²) < 4.78 is 16.6. The molecule has 0 aliphatic heterocycles. The molecule has 0 aromatic heterocycles. The Morgan fingerprint density at radius 2 is 0.727 bits per heavy atom. The normalized spacial score (nSPS) is 12.7. The molecule has 0 spiro atoms. The Bertz CT molecular complexity index is 1070. The molecule has 55 heavy (non-hydrogen) atoms. The molecular weight excluding hydrogens is 685 g/mol. The first-order valence-electron chi connectivity index (χ1n) is 22.5. The summed E-state index contributed by atoms with van der Waals surface area (Å²) in [7, 11) is 0. The molecule has 314 valence electrons. The van der Waals surface area contributed by atoms with E-state index in [0.29, 0.717) is 19.3 Å². The Labute approximate surface area is 338 Å². The van der Waals surface area contributed by atoms with Crippen LogP contribution in [0.2, 0.25) is 0 Å². The van der Waals surface area contributed by atoms with Crippen molar-refractivity contribution in [1.29, 1.82) is 0 Å². The quantitative estimate of drug-likeness (QED) is 0.0268. The van der Waals surface area contributed by atoms with Crippen LogP contribution in [0.15, 0.2) is 72.9 Å². The van der Waals surface area contributed by atoms with Gasteiger partial charge in [0.15, 0.2) is 6.10 Å². The minimum absolute atomic E-state index is 0.102. The van der Waals surface area contributed by atoms with E-state index in [4.69, 9.17) is 14.2 Å². The van der Waals surface area contributed by atoms with Crippen LogP contribution in [0, 0.1) is 0 Å². The predicted molar refractivity (Wildman–Crippen MR) is 233 cm³/mol. The van der Waals surface area contributed by atoms with Crippen molar-refractivity contribution < 1.29 is 28.6 Å². The molecule has 0 aliphatic rings. The molecule has 0 aliphatic carbocycles. The Morgan fingerprint density at radius 3 is 1.18 bits per heavy atom. The van der Waals surface area contributed by atoms with Crippen LogP contribution >= 0.6 is 0 Å². The SMILES string of the molecule is CC\C=C/C=C\C=C/C=C\CCCCCC(=O)OCC(COC(=O)CCCCC/C=C\C=C/CCCC)OC(=O)CCCCCCCCCCCCCCC. The average molecular weight is 767 g/mol. The topological polar surface area (TPSA) is 78.9 Å². The number of hydrogen-bond acceptors (Lipinski definition) is 6. The van der Waals surface area contributed by atoms with Gasteiger partial charge in [0.25, 0.3) is 0 Å². The highest BCUT2D eigenvalue weighted by Crippen LogP contribution is 2.14. The van der Waals surface area contributed by atoms with E-state index in [9.17, 15) is 14.4 Å². The lowest BCUT2D eigenvalue weighted by atomic mass is 10.0. The first-order chi connectivity index (χ1) is 27.0. The largest absolute Gasteiger partial charge is 0.462 e. The number of carbonyl (C=O) groups excluding carboxylic acids is 3. The number of unbranched alkanes of at least 4 members (excludes halogenated alkanes) is 20. The van der Waals surface area contributed by atoms with Gasteiger partial charge in [-0.25, -0.2) is 0 Å². The number of allylic oxidation sites excluding steroid dienone is 12. The molecule has 0 aromatic rings. The van der Waals surface area contributed by atoms with E-state index in [2.05, 4.69) is 57.2 Å². The Morgan fingerprint density at radius 1 is 0.382 bits per heavy atom. The molecule has 0 aromatic carbocycles. The van der Waals surface area contributed by atoms with Gasteiger partial charge in [0.05, 0.1) is 0 Å². The van der Waals surface area contributed by atoms with Crippen LogP contribution in [-0.4, -0.2) is 37.2 Å². The average Bonchev–Trinajstić information content (AvgIpc) is 3.18. The molecule has 0 N–H and O–H groups in total. The third kappa shape index (κ3) is 41.8. The number of ether oxygens (including phenoxy) is 3. The maximum atomic E-state index is 12.7. The third-order valence-electron chi connectivity index (χ3n) is 9.32. The minimum atomic E-state index is -0.798. The first-order valence-corrected chi connectivity index (χ1v) is 22.5. The number of carbonyl (C=O) groups is 3. The molecular formula is C49H82O6. The second-order valence-corrected chi connectivity index (χ2v) is 14.7. The van der Waals surface area contributed by atoms with Gasteiger partial charge in [-0.2, -0.15) is 0 Å². The van der Waals surface area contributed by atoms with E-state index in [1.54, 1.807) is 0 Å². The second kappa shape index (κ2) is 43.6. The van der Waals surface area contributed by atoms with Crippen molar-refractivity contribution in [3.63, 3.8) is 0 Å². The summed E-state index contributed by atoms with van der Waals surface area (Å²) in [6, 6.07) is 0. The summed E-state index contributed by atoms with van der Waals surface area (Å²) in [5.74, 6) is -0.971. The first kappa shape index (κ1) is 51.9. The molecule has 0 saturated heterocycles. The van der Waals surface area contributed by atoms with Gasteiger partial charge in [-0.3, -0.25) is 14.4 Å². The zero-order valence-electron chi connectivity index (χ0n) is 35.7. The minimum Gasteiger partial charge on any atom is -0.462 e. The van der Waals surface area contributed by atoms with Crippen molar-refractivity contribution in [2.75, 3.05) is 13.2 Å². The van der Waals surface area contributed by atoms with Crippen molar-refractivity contribution in [2.24, 2.45) is 0 Å². The number of rotatable bonds is 39. The maximum Gasteiger partial charge on any atom is 0.306 e. The zero-order valence-corrected chi connectivity index (χ0v) is 35.7. The molecule has 0 radical (unpaired) electrons. The van der Waals surface area contributed by atoms with E-state index < -0.39 is 6.10 Å². The van der Waals surface area contributed by atoms with Gasteiger partial charge < -0.3 is 14.2 Å². The molecule has 0 amide bonds. The van der Waals surface area contributed by atoms with Gasteiger partial charge in [0.1, 0.15) is 13.2 Å². The maximum absolute atomic E-state index is 12.7. The van der Waals surface area contributed by atoms with Gasteiger partial charge in [0, 0.05) is 19.3 Å². The molecule has 1 unspecified atom stereocenters. The van der Waals surface area contributed by atoms with Crippen LogP contribution in [0.3, 0.4) is 0 Å². The molecule has 0 fully saturated rings. The van der Waals surface area contributed by atoms with Crippen molar-refractivity contribution in [1.82, 2.24) is 0 Å². The fraction of sp³-hybridized carbons (Fsp3) is 0.694. The van der Waals surface area contributed by atoms with Crippen LogP contribution in [0.5, 0.6) is 0 Å². The van der Waals surface area contributed by atoms with Crippen LogP contribution in [0.4, 0.5) is 0 Å². The predicted octanol–water partition coefficient (Wildman–Crippen LogP) is 14.3. The summed E-state index contributed by atoms with van der Waals surface area (Å²) in [6.45, 7) is 6.36. The highest BCUT2D eigenvalue weighted by molar-refractivity contribution is 5.71. The summed E-state index contributed by atoms with van der Waals surface area (Å²) in [5, 5.41) is 0. The fourth-order valence-electron chi connectivity index (χ4n) is 5.90. The Hall–Kier alpha value is -3.15. The third-order valence-corrected chi connectivity index (χ3v) is 9.32. The second-order valence-electron chi connectivity index (χ2n) is 14.7. The van der Waals surface area contributed by atoms with Crippen LogP contribution in [0.25, 0.3) is 0 Å². The standard InChI is InChI=1S/C49H82O6/c1-4-7-10-13-16-19-22-24-27-30-33-36-39-42-48(51)54-45-46(44-53-47(50)41-38-35-32-29-26-21-18-15-12-9-6-3)55-49(52)43-40-37-34-31-28-25-23-20-17-14-11-8-5-2/h7,10,13,15-16,18-19,21-22,24,26-27,46H,4-6,8-9,11-12,14,17,20,23,25,28-45H2,1-3H3/b10-7-,16-13-,18-15-,22-19-,26-21-,27-24-. The van der Waals surface area contributed by atoms with E-state index >= 15 is 0 Å². The Balaban J connectivity index is 4.48. The fourth-order valence-corrected chi connectivity index (χ4v) is 5.90. The van der Waals surface area contributed by atoms with Crippen LogP contribution < -0.4 is 0 Å². The zero-order chi connectivity index (χ0) is 40.1. The van der Waals surface area contributed by atoms with Crippen molar-refractivity contribution in [3.8, 4) is 0 Å². The monoisotopic (exact) mass is 767 g/mol. The highest BCUT2D eigenvalue weighted by atomic mass is 16.6. The van der Waals surface area contributed by atoms with E-state index in [0.717, 1.165) is 83.5 Å². The highest BCUT2D eigenvalue weighted by Gasteiger charge is 2.19. The molecule has 0 heterocycles. The lowest BCUT2D eigenvalue weighted by molar-refractivity contribution is -0.167. The summed E-state index contributed by atoms with van der Waals surface area (Å²) in [5.41, 5.74) is 0. The van der Waals surface area contributed by atoms with Gasteiger partial charge in [-0.15, -0.1) is 0 Å². The van der Waals surface area contributed by atoms with Crippen LogP contribution in [-0.2, 0) is 28.6 Å². The summed E-state index contributed by atoms with van der Waals surface area (Å²) in [4.78, 5) is 37.7. The van der Waals surface area contributed by atoms with Crippen molar-refractivity contribution in [2.45, 2.75) is 207 Å². The smallest absolute Gasteiger partial charge is 0.306 e. The number of esters is 3. The Kier molecular flexibility index (Phi) is 41.1. The van der Waals surface area contributed by atoms with Gasteiger partial charge in [0.2, 0.25) is 0 Å².